The standard InChI is InChI=1S/C16H14N2O5S/c1-23-10-6-8-11(9-7-10)24(21,22)18-14-12-4-2-3-5-13(12)17-15(14)16(19)20/h2-9,17-18H,1H3,(H,19,20)/p-1. The molecule has 0 unspecified atom stereocenters. The van der Waals surface area contributed by atoms with Crippen LogP contribution in [-0.4, -0.2) is 26.5 Å². The molecule has 0 saturated heterocycles. The van der Waals surface area contributed by atoms with E-state index in [1.54, 1.807) is 24.3 Å². The summed E-state index contributed by atoms with van der Waals surface area (Å²) in [6.45, 7) is 0. The van der Waals surface area contributed by atoms with Crippen molar-refractivity contribution < 1.29 is 23.1 Å². The molecule has 2 N–H and O–H groups in total. The van der Waals surface area contributed by atoms with Crippen molar-refractivity contribution in [3.8, 4) is 5.75 Å². The van der Waals surface area contributed by atoms with Crippen LogP contribution in [-0.2, 0) is 10.0 Å². The maximum atomic E-state index is 12.5. The molecule has 24 heavy (non-hydrogen) atoms. The van der Waals surface area contributed by atoms with Gasteiger partial charge in [0.15, 0.2) is 0 Å². The van der Waals surface area contributed by atoms with E-state index in [4.69, 9.17) is 4.74 Å². The molecule has 124 valence electrons. The second kappa shape index (κ2) is 5.89. The van der Waals surface area contributed by atoms with E-state index in [2.05, 4.69) is 9.71 Å². The quantitative estimate of drug-likeness (QED) is 0.725. The highest BCUT2D eigenvalue weighted by Crippen LogP contribution is 2.29. The first-order valence-corrected chi connectivity index (χ1v) is 8.39. The number of aromatic carboxylic acids is 1. The van der Waals surface area contributed by atoms with Crippen LogP contribution in [0.15, 0.2) is 53.4 Å². The molecule has 0 amide bonds. The lowest BCUT2D eigenvalue weighted by atomic mass is 10.2. The van der Waals surface area contributed by atoms with Crippen LogP contribution in [0.3, 0.4) is 0 Å². The number of sulfonamides is 1. The van der Waals surface area contributed by atoms with Gasteiger partial charge in [-0.05, 0) is 30.3 Å². The van der Waals surface area contributed by atoms with E-state index < -0.39 is 16.0 Å². The van der Waals surface area contributed by atoms with Gasteiger partial charge >= 0.3 is 0 Å². The summed E-state index contributed by atoms with van der Waals surface area (Å²) < 4.78 is 32.4. The summed E-state index contributed by atoms with van der Waals surface area (Å²) in [4.78, 5) is 13.9. The Morgan fingerprint density at radius 3 is 2.42 bits per heavy atom. The van der Waals surface area contributed by atoms with Gasteiger partial charge in [-0.25, -0.2) is 8.42 Å². The summed E-state index contributed by atoms with van der Waals surface area (Å²) >= 11 is 0. The summed E-state index contributed by atoms with van der Waals surface area (Å²) in [6, 6.07) is 12.4. The molecule has 0 radical (unpaired) electrons. The minimum atomic E-state index is -3.97. The molecule has 3 aromatic rings. The van der Waals surface area contributed by atoms with Gasteiger partial charge < -0.3 is 19.6 Å². The normalized spacial score (nSPS) is 11.4. The zero-order valence-electron chi connectivity index (χ0n) is 12.6. The van der Waals surface area contributed by atoms with Crippen LogP contribution in [0.2, 0.25) is 0 Å². The Labute approximate surface area is 137 Å². The highest BCUT2D eigenvalue weighted by molar-refractivity contribution is 7.92. The zero-order chi connectivity index (χ0) is 17.3. The lowest BCUT2D eigenvalue weighted by Crippen LogP contribution is -2.25. The molecule has 3 rings (SSSR count). The number of para-hydroxylation sites is 1. The smallest absolute Gasteiger partial charge is 0.261 e. The molecule has 1 aromatic heterocycles. The molecule has 0 bridgehead atoms. The summed E-state index contributed by atoms with van der Waals surface area (Å²) in [5, 5.41) is 11.7. The van der Waals surface area contributed by atoms with Crippen molar-refractivity contribution in [1.82, 2.24) is 4.98 Å². The van der Waals surface area contributed by atoms with Crippen molar-refractivity contribution in [2.45, 2.75) is 4.90 Å². The average molecular weight is 345 g/mol. The van der Waals surface area contributed by atoms with Gasteiger partial charge in [-0.3, -0.25) is 4.72 Å². The fraction of sp³-hybridized carbons (Fsp3) is 0.0625. The molecule has 0 saturated carbocycles. The number of carbonyl (C=O) groups is 1. The predicted octanol–water partition coefficient (Wildman–Crippen LogP) is 1.34. The second-order valence-corrected chi connectivity index (χ2v) is 6.67. The van der Waals surface area contributed by atoms with Crippen LogP contribution in [0.25, 0.3) is 10.9 Å². The first-order valence-electron chi connectivity index (χ1n) is 6.91. The fourth-order valence-electron chi connectivity index (χ4n) is 2.35. The van der Waals surface area contributed by atoms with Crippen molar-refractivity contribution in [2.24, 2.45) is 0 Å². The summed E-state index contributed by atoms with van der Waals surface area (Å²) in [5.41, 5.74) is 0.110. The van der Waals surface area contributed by atoms with Gasteiger partial charge in [0, 0.05) is 10.9 Å². The van der Waals surface area contributed by atoms with Crippen LogP contribution in [0.1, 0.15) is 10.5 Å². The Balaban J connectivity index is 2.07. The predicted molar refractivity (Wildman–Crippen MR) is 86.4 cm³/mol. The van der Waals surface area contributed by atoms with Crippen molar-refractivity contribution in [3.05, 3.63) is 54.2 Å². The highest BCUT2D eigenvalue weighted by atomic mass is 32.2. The summed E-state index contributed by atoms with van der Waals surface area (Å²) in [6.07, 6.45) is 0. The van der Waals surface area contributed by atoms with Gasteiger partial charge in [0.1, 0.15) is 5.75 Å². The first-order chi connectivity index (χ1) is 11.4. The number of carbonyl (C=O) groups excluding carboxylic acids is 1. The molecule has 0 spiro atoms. The third-order valence-electron chi connectivity index (χ3n) is 3.52. The topological polar surface area (TPSA) is 111 Å². The van der Waals surface area contributed by atoms with Crippen molar-refractivity contribution >= 4 is 32.6 Å². The van der Waals surface area contributed by atoms with E-state index in [-0.39, 0.29) is 16.3 Å². The molecule has 1 heterocycles. The maximum Gasteiger partial charge on any atom is 0.261 e. The van der Waals surface area contributed by atoms with Crippen LogP contribution < -0.4 is 14.6 Å². The summed E-state index contributed by atoms with van der Waals surface area (Å²) in [5.74, 6) is -0.991. The van der Waals surface area contributed by atoms with Crippen LogP contribution in [0.5, 0.6) is 5.75 Å². The van der Waals surface area contributed by atoms with Crippen LogP contribution in [0.4, 0.5) is 5.69 Å². The molecule has 0 atom stereocenters. The van der Waals surface area contributed by atoms with Gasteiger partial charge in [-0.15, -0.1) is 0 Å². The molecule has 7 nitrogen and oxygen atoms in total. The van der Waals surface area contributed by atoms with E-state index in [0.717, 1.165) is 0 Å². The number of benzene rings is 2. The number of H-pyrrole nitrogens is 1. The number of hydrogen-bond donors (Lipinski definition) is 2. The number of ether oxygens (including phenoxy) is 1. The number of rotatable bonds is 5. The molecular weight excluding hydrogens is 332 g/mol. The van der Waals surface area contributed by atoms with Gasteiger partial charge in [0.25, 0.3) is 10.0 Å². The zero-order valence-corrected chi connectivity index (χ0v) is 13.4. The van der Waals surface area contributed by atoms with E-state index in [1.165, 1.54) is 31.4 Å². The van der Waals surface area contributed by atoms with Gasteiger partial charge in [0.2, 0.25) is 0 Å². The van der Waals surface area contributed by atoms with E-state index in [1.807, 2.05) is 0 Å². The number of carboxylic acid groups (broad SMARTS) is 1. The molecule has 0 aliphatic rings. The third-order valence-corrected chi connectivity index (χ3v) is 4.88. The molecule has 2 aromatic carbocycles. The van der Waals surface area contributed by atoms with Crippen molar-refractivity contribution in [3.63, 3.8) is 0 Å². The fourth-order valence-corrected chi connectivity index (χ4v) is 3.44. The van der Waals surface area contributed by atoms with Crippen LogP contribution >= 0.6 is 0 Å². The number of aromatic nitrogens is 1. The Morgan fingerprint density at radius 2 is 1.79 bits per heavy atom. The number of fused-ring (bicyclic) bond motifs is 1. The minimum Gasteiger partial charge on any atom is -0.543 e. The van der Waals surface area contributed by atoms with Gasteiger partial charge in [-0.2, -0.15) is 0 Å². The highest BCUT2D eigenvalue weighted by Gasteiger charge is 2.20. The largest absolute Gasteiger partial charge is 0.543 e. The summed E-state index contributed by atoms with van der Waals surface area (Å²) in [7, 11) is -2.50. The molecule has 0 aliphatic carbocycles. The first kappa shape index (κ1) is 15.9. The van der Waals surface area contributed by atoms with E-state index >= 15 is 0 Å². The molecule has 8 heteroatoms. The number of carboxylic acids is 1. The second-order valence-electron chi connectivity index (χ2n) is 4.99. The van der Waals surface area contributed by atoms with E-state index in [0.29, 0.717) is 16.7 Å². The van der Waals surface area contributed by atoms with Gasteiger partial charge in [-0.1, -0.05) is 18.2 Å². The number of nitrogens with one attached hydrogen (secondary N) is 2. The van der Waals surface area contributed by atoms with E-state index in [9.17, 15) is 18.3 Å². The minimum absolute atomic E-state index is 0.0159. The molecule has 0 fully saturated rings. The monoisotopic (exact) mass is 345 g/mol. The Morgan fingerprint density at radius 1 is 1.12 bits per heavy atom. The Hall–Kier alpha value is -3.00. The lowest BCUT2D eigenvalue weighted by Gasteiger charge is -2.10. The van der Waals surface area contributed by atoms with Crippen LogP contribution in [0, 0.1) is 0 Å². The maximum absolute atomic E-state index is 12.5. The number of methoxy groups -OCH3 is 1. The third kappa shape index (κ3) is 2.79. The van der Waals surface area contributed by atoms with Crippen molar-refractivity contribution in [1.29, 1.82) is 0 Å². The average Bonchev–Trinajstić information content (AvgIpc) is 2.93. The Bertz CT molecular complexity index is 1010. The lowest BCUT2D eigenvalue weighted by molar-refractivity contribution is -0.255. The number of anilines is 1. The number of aromatic amines is 1. The van der Waals surface area contributed by atoms with Gasteiger partial charge in [0.05, 0.1) is 29.4 Å². The molecule has 0 aliphatic heterocycles. The van der Waals surface area contributed by atoms with Crippen molar-refractivity contribution in [2.75, 3.05) is 11.8 Å². The Kier molecular flexibility index (Phi) is 3.90. The SMILES string of the molecule is COc1ccc(S(=O)(=O)Nc2c(C(=O)[O-])[nH]c3ccccc23)cc1. The number of hydrogen-bond acceptors (Lipinski definition) is 5. The molecular formula is C16H13N2O5S-.